The van der Waals surface area contributed by atoms with Crippen molar-refractivity contribution in [2.75, 3.05) is 19.8 Å². The van der Waals surface area contributed by atoms with Crippen LogP contribution in [0.25, 0.3) is 0 Å². The van der Waals surface area contributed by atoms with Gasteiger partial charge in [-0.1, -0.05) is 0 Å². The predicted octanol–water partition coefficient (Wildman–Crippen LogP) is 0.595. The molecular weight excluding hydrogens is 224 g/mol. The first-order valence-corrected chi connectivity index (χ1v) is 5.36. The Morgan fingerprint density at radius 1 is 1.35 bits per heavy atom. The fourth-order valence-electron chi connectivity index (χ4n) is 1.15. The van der Waals surface area contributed by atoms with Crippen molar-refractivity contribution in [3.05, 3.63) is 29.8 Å². The van der Waals surface area contributed by atoms with Gasteiger partial charge >= 0.3 is 5.97 Å². The molecule has 0 aliphatic rings. The fourth-order valence-corrected chi connectivity index (χ4v) is 1.15. The Kier molecular flexibility index (Phi) is 5.45. The lowest BCUT2D eigenvalue weighted by molar-refractivity contribution is 0.0521. The second-order valence-corrected chi connectivity index (χ2v) is 3.39. The van der Waals surface area contributed by atoms with Crippen molar-refractivity contribution < 1.29 is 24.5 Å². The number of ether oxygens (including phenoxy) is 2. The number of benzene rings is 1. The van der Waals surface area contributed by atoms with Gasteiger partial charge in [0, 0.05) is 0 Å². The molecule has 17 heavy (non-hydrogen) atoms. The van der Waals surface area contributed by atoms with Crippen molar-refractivity contribution in [1.82, 2.24) is 0 Å². The van der Waals surface area contributed by atoms with Crippen LogP contribution in [0.1, 0.15) is 17.3 Å². The van der Waals surface area contributed by atoms with Crippen molar-refractivity contribution in [3.63, 3.8) is 0 Å². The van der Waals surface area contributed by atoms with Gasteiger partial charge < -0.3 is 19.7 Å². The summed E-state index contributed by atoms with van der Waals surface area (Å²) in [5.74, 6) is 0.139. The molecule has 0 spiro atoms. The van der Waals surface area contributed by atoms with Crippen LogP contribution in [0.5, 0.6) is 5.75 Å². The van der Waals surface area contributed by atoms with E-state index in [1.165, 1.54) is 0 Å². The summed E-state index contributed by atoms with van der Waals surface area (Å²) in [5.41, 5.74) is 0.446. The molecule has 0 aromatic heterocycles. The van der Waals surface area contributed by atoms with Crippen LogP contribution in [0.3, 0.4) is 0 Å². The van der Waals surface area contributed by atoms with E-state index in [0.717, 1.165) is 0 Å². The van der Waals surface area contributed by atoms with Gasteiger partial charge in [0.2, 0.25) is 0 Å². The van der Waals surface area contributed by atoms with Gasteiger partial charge in [-0.3, -0.25) is 0 Å². The lowest BCUT2D eigenvalue weighted by Crippen LogP contribution is -2.21. The van der Waals surface area contributed by atoms with Gasteiger partial charge in [0.1, 0.15) is 18.5 Å². The monoisotopic (exact) mass is 240 g/mol. The quantitative estimate of drug-likeness (QED) is 0.712. The van der Waals surface area contributed by atoms with E-state index < -0.39 is 6.10 Å². The molecule has 1 atom stereocenters. The maximum atomic E-state index is 11.3. The molecule has 0 saturated heterocycles. The number of rotatable bonds is 6. The molecule has 5 nitrogen and oxygen atoms in total. The topological polar surface area (TPSA) is 76.0 Å². The normalized spacial score (nSPS) is 11.9. The first kappa shape index (κ1) is 13.5. The SMILES string of the molecule is CCOC(=O)c1ccc(OCC(O)CO)cc1. The zero-order chi connectivity index (χ0) is 12.7. The standard InChI is InChI=1S/C12H16O5/c1-2-16-12(15)9-3-5-11(6-4-9)17-8-10(14)7-13/h3-6,10,13-14H,2,7-8H2,1H3. The van der Waals surface area contributed by atoms with Gasteiger partial charge in [0.05, 0.1) is 18.8 Å². The van der Waals surface area contributed by atoms with Gasteiger partial charge in [-0.25, -0.2) is 4.79 Å². The number of hydrogen-bond acceptors (Lipinski definition) is 5. The molecule has 0 bridgehead atoms. The molecule has 0 radical (unpaired) electrons. The average molecular weight is 240 g/mol. The summed E-state index contributed by atoms with van der Waals surface area (Å²) in [5, 5.41) is 17.7. The molecule has 0 aliphatic heterocycles. The van der Waals surface area contributed by atoms with Gasteiger partial charge in [0.25, 0.3) is 0 Å². The Hall–Kier alpha value is -1.59. The summed E-state index contributed by atoms with van der Waals surface area (Å²) in [6.45, 7) is 1.74. The molecule has 1 rings (SSSR count). The molecule has 5 heteroatoms. The summed E-state index contributed by atoms with van der Waals surface area (Å²) in [6.07, 6.45) is -0.903. The van der Waals surface area contributed by atoms with Crippen molar-refractivity contribution >= 4 is 5.97 Å². The van der Waals surface area contributed by atoms with E-state index in [1.54, 1.807) is 31.2 Å². The van der Waals surface area contributed by atoms with E-state index in [1.807, 2.05) is 0 Å². The minimum atomic E-state index is -0.903. The molecule has 0 aliphatic carbocycles. The highest BCUT2D eigenvalue weighted by molar-refractivity contribution is 5.89. The zero-order valence-corrected chi connectivity index (χ0v) is 9.63. The Morgan fingerprint density at radius 3 is 2.53 bits per heavy atom. The summed E-state index contributed by atoms with van der Waals surface area (Å²) in [4.78, 5) is 11.3. The summed E-state index contributed by atoms with van der Waals surface area (Å²) in [7, 11) is 0. The highest BCUT2D eigenvalue weighted by Crippen LogP contribution is 2.13. The Balaban J connectivity index is 2.53. The molecular formula is C12H16O5. The zero-order valence-electron chi connectivity index (χ0n) is 9.63. The van der Waals surface area contributed by atoms with E-state index in [4.69, 9.17) is 19.7 Å². The highest BCUT2D eigenvalue weighted by Gasteiger charge is 2.07. The predicted molar refractivity (Wildman–Crippen MR) is 61.0 cm³/mol. The minimum Gasteiger partial charge on any atom is -0.491 e. The van der Waals surface area contributed by atoms with Crippen molar-refractivity contribution in [3.8, 4) is 5.75 Å². The summed E-state index contributed by atoms with van der Waals surface area (Å²) < 4.78 is 10.0. The van der Waals surface area contributed by atoms with Crippen molar-refractivity contribution in [1.29, 1.82) is 0 Å². The molecule has 0 fully saturated rings. The van der Waals surface area contributed by atoms with Crippen LogP contribution in [0.2, 0.25) is 0 Å². The van der Waals surface area contributed by atoms with Crippen LogP contribution in [0, 0.1) is 0 Å². The molecule has 2 N–H and O–H groups in total. The van der Waals surface area contributed by atoms with Gasteiger partial charge in [-0.15, -0.1) is 0 Å². The second-order valence-electron chi connectivity index (χ2n) is 3.39. The molecule has 0 saturated carbocycles. The Morgan fingerprint density at radius 2 is 2.00 bits per heavy atom. The number of esters is 1. The summed E-state index contributed by atoms with van der Waals surface area (Å²) in [6, 6.07) is 6.38. The number of aliphatic hydroxyl groups excluding tert-OH is 2. The van der Waals surface area contributed by atoms with Crippen LogP contribution in [0.4, 0.5) is 0 Å². The van der Waals surface area contributed by atoms with E-state index >= 15 is 0 Å². The number of carbonyl (C=O) groups is 1. The van der Waals surface area contributed by atoms with Crippen LogP contribution >= 0.6 is 0 Å². The molecule has 0 amide bonds. The molecule has 1 aromatic rings. The highest BCUT2D eigenvalue weighted by atomic mass is 16.5. The van der Waals surface area contributed by atoms with Crippen molar-refractivity contribution in [2.45, 2.75) is 13.0 Å². The lowest BCUT2D eigenvalue weighted by Gasteiger charge is -2.10. The largest absolute Gasteiger partial charge is 0.491 e. The molecule has 94 valence electrons. The number of aliphatic hydroxyl groups is 2. The van der Waals surface area contributed by atoms with Crippen LogP contribution < -0.4 is 4.74 Å². The first-order chi connectivity index (χ1) is 8.17. The summed E-state index contributed by atoms with van der Waals surface area (Å²) >= 11 is 0. The smallest absolute Gasteiger partial charge is 0.338 e. The molecule has 0 heterocycles. The van der Waals surface area contributed by atoms with E-state index in [0.29, 0.717) is 17.9 Å². The maximum Gasteiger partial charge on any atom is 0.338 e. The van der Waals surface area contributed by atoms with E-state index in [9.17, 15) is 4.79 Å². The fraction of sp³-hybridized carbons (Fsp3) is 0.417. The van der Waals surface area contributed by atoms with Crippen LogP contribution in [0.15, 0.2) is 24.3 Å². The first-order valence-electron chi connectivity index (χ1n) is 5.36. The van der Waals surface area contributed by atoms with E-state index in [-0.39, 0.29) is 19.2 Å². The van der Waals surface area contributed by atoms with Gasteiger partial charge in [0.15, 0.2) is 0 Å². The lowest BCUT2D eigenvalue weighted by atomic mass is 10.2. The Labute approximate surface area is 99.6 Å². The maximum absolute atomic E-state index is 11.3. The Bertz CT molecular complexity index is 346. The minimum absolute atomic E-state index is 0.00918. The van der Waals surface area contributed by atoms with Gasteiger partial charge in [-0.05, 0) is 31.2 Å². The van der Waals surface area contributed by atoms with Crippen molar-refractivity contribution in [2.24, 2.45) is 0 Å². The third-order valence-electron chi connectivity index (χ3n) is 2.02. The van der Waals surface area contributed by atoms with Crippen LogP contribution in [-0.2, 0) is 4.74 Å². The number of hydrogen-bond donors (Lipinski definition) is 2. The average Bonchev–Trinajstić information content (AvgIpc) is 2.36. The van der Waals surface area contributed by atoms with Crippen LogP contribution in [-0.4, -0.2) is 42.1 Å². The number of carbonyl (C=O) groups excluding carboxylic acids is 1. The van der Waals surface area contributed by atoms with E-state index in [2.05, 4.69) is 0 Å². The third-order valence-corrected chi connectivity index (χ3v) is 2.02. The second kappa shape index (κ2) is 6.88. The van der Waals surface area contributed by atoms with Gasteiger partial charge in [-0.2, -0.15) is 0 Å². The molecule has 1 unspecified atom stereocenters. The molecule has 1 aromatic carbocycles. The third kappa shape index (κ3) is 4.42.